The van der Waals surface area contributed by atoms with E-state index in [0.29, 0.717) is 5.56 Å². The lowest BCUT2D eigenvalue weighted by Gasteiger charge is -2.23. The normalized spacial score (nSPS) is 16.1. The average Bonchev–Trinajstić information content (AvgIpc) is 2.87. The molecule has 0 heterocycles. The maximum atomic E-state index is 14.0. The van der Waals surface area contributed by atoms with Crippen LogP contribution in [0.15, 0.2) is 42.5 Å². The molecule has 2 nitrogen and oxygen atoms in total. The van der Waals surface area contributed by atoms with Gasteiger partial charge in [0.25, 0.3) is 0 Å². The Bertz CT molecular complexity index is 603. The molecule has 0 aromatic heterocycles. The fourth-order valence-electron chi connectivity index (χ4n) is 3.07. The van der Waals surface area contributed by atoms with Crippen LogP contribution in [0.4, 0.5) is 8.78 Å². The number of nitrogens with two attached hydrogens (primary N) is 1. The molecular weight excluding hydrogens is 258 g/mol. The van der Waals surface area contributed by atoms with Crippen LogP contribution in [0.1, 0.15) is 22.7 Å². The third-order valence-corrected chi connectivity index (χ3v) is 4.05. The first kappa shape index (κ1) is 13.2. The largest absolute Gasteiger partial charge is 0.271 e. The lowest BCUT2D eigenvalue weighted by Crippen LogP contribution is -2.34. The molecule has 104 valence electrons. The molecule has 2 aromatic rings. The minimum atomic E-state index is -0.835. The van der Waals surface area contributed by atoms with Crippen molar-refractivity contribution in [1.82, 2.24) is 5.43 Å². The van der Waals surface area contributed by atoms with Crippen molar-refractivity contribution in [1.29, 1.82) is 0 Å². The number of nitrogens with one attached hydrogen (secondary N) is 1. The minimum absolute atomic E-state index is 0.133. The lowest BCUT2D eigenvalue weighted by atomic mass is 9.90. The molecular formula is C16H16F2N2. The first-order valence-corrected chi connectivity index (χ1v) is 6.67. The minimum Gasteiger partial charge on any atom is -0.271 e. The smallest absolute Gasteiger partial charge is 0.163 e. The first-order chi connectivity index (χ1) is 9.70. The average molecular weight is 274 g/mol. The summed E-state index contributed by atoms with van der Waals surface area (Å²) in [5.41, 5.74) is 5.47. The van der Waals surface area contributed by atoms with Crippen LogP contribution in [-0.4, -0.2) is 0 Å². The number of hydrazine groups is 1. The third kappa shape index (κ3) is 2.21. The second-order valence-corrected chi connectivity index (χ2v) is 5.22. The summed E-state index contributed by atoms with van der Waals surface area (Å²) in [4.78, 5) is 0. The topological polar surface area (TPSA) is 38.0 Å². The molecule has 0 spiro atoms. The standard InChI is InChI=1S/C16H16F2N2/c17-14-7-3-6-13(15(14)18)16(20-19)12-8-10-4-1-2-5-11(10)9-12/h1-7,12,16,20H,8-9,19H2. The summed E-state index contributed by atoms with van der Waals surface area (Å²) < 4.78 is 27.3. The molecule has 20 heavy (non-hydrogen) atoms. The summed E-state index contributed by atoms with van der Waals surface area (Å²) >= 11 is 0. The summed E-state index contributed by atoms with van der Waals surface area (Å²) in [6.07, 6.45) is 1.64. The van der Waals surface area contributed by atoms with E-state index in [1.165, 1.54) is 17.2 Å². The van der Waals surface area contributed by atoms with E-state index in [-0.39, 0.29) is 5.92 Å². The number of halogens is 2. The van der Waals surface area contributed by atoms with Gasteiger partial charge in [-0.3, -0.25) is 11.3 Å². The highest BCUT2D eigenvalue weighted by atomic mass is 19.2. The monoisotopic (exact) mass is 274 g/mol. The van der Waals surface area contributed by atoms with Crippen LogP contribution in [0, 0.1) is 17.6 Å². The first-order valence-electron chi connectivity index (χ1n) is 6.67. The molecule has 2 aromatic carbocycles. The third-order valence-electron chi connectivity index (χ3n) is 4.05. The molecule has 4 heteroatoms. The van der Waals surface area contributed by atoms with Crippen molar-refractivity contribution in [2.45, 2.75) is 18.9 Å². The van der Waals surface area contributed by atoms with E-state index < -0.39 is 17.7 Å². The Kier molecular flexibility index (Phi) is 3.51. The number of hydrogen-bond acceptors (Lipinski definition) is 2. The van der Waals surface area contributed by atoms with Gasteiger partial charge < -0.3 is 0 Å². The van der Waals surface area contributed by atoms with Gasteiger partial charge in [-0.05, 0) is 36.0 Å². The zero-order valence-corrected chi connectivity index (χ0v) is 10.9. The van der Waals surface area contributed by atoms with E-state index in [1.807, 2.05) is 12.1 Å². The molecule has 1 aliphatic rings. The fraction of sp³-hybridized carbons (Fsp3) is 0.250. The molecule has 0 aliphatic heterocycles. The predicted octanol–water partition coefficient (Wildman–Crippen LogP) is 2.88. The molecule has 0 amide bonds. The van der Waals surface area contributed by atoms with E-state index in [4.69, 9.17) is 5.84 Å². The fourth-order valence-corrected chi connectivity index (χ4v) is 3.07. The van der Waals surface area contributed by atoms with Gasteiger partial charge in [-0.2, -0.15) is 0 Å². The van der Waals surface area contributed by atoms with Gasteiger partial charge in [0.05, 0.1) is 6.04 Å². The van der Waals surface area contributed by atoms with Crippen molar-refractivity contribution < 1.29 is 8.78 Å². The van der Waals surface area contributed by atoms with Gasteiger partial charge in [-0.15, -0.1) is 0 Å². The highest BCUT2D eigenvalue weighted by Gasteiger charge is 2.31. The molecule has 0 bridgehead atoms. The van der Waals surface area contributed by atoms with E-state index in [1.54, 1.807) is 6.07 Å². The zero-order valence-electron chi connectivity index (χ0n) is 10.9. The summed E-state index contributed by atoms with van der Waals surface area (Å²) in [7, 11) is 0. The van der Waals surface area contributed by atoms with E-state index in [0.717, 1.165) is 18.9 Å². The van der Waals surface area contributed by atoms with Gasteiger partial charge in [0.15, 0.2) is 11.6 Å². The van der Waals surface area contributed by atoms with Gasteiger partial charge in [0, 0.05) is 5.56 Å². The van der Waals surface area contributed by atoms with Crippen LogP contribution < -0.4 is 11.3 Å². The van der Waals surface area contributed by atoms with Crippen molar-refractivity contribution in [2.75, 3.05) is 0 Å². The Balaban J connectivity index is 1.91. The van der Waals surface area contributed by atoms with Crippen LogP contribution in [0.2, 0.25) is 0 Å². The van der Waals surface area contributed by atoms with Gasteiger partial charge in [0.2, 0.25) is 0 Å². The highest BCUT2D eigenvalue weighted by Crippen LogP contribution is 2.35. The molecule has 3 N–H and O–H groups in total. The number of rotatable bonds is 3. The summed E-state index contributed by atoms with van der Waals surface area (Å²) in [5.74, 6) is 4.08. The molecule has 1 unspecified atom stereocenters. The Morgan fingerprint density at radius 1 is 1.00 bits per heavy atom. The second-order valence-electron chi connectivity index (χ2n) is 5.22. The van der Waals surface area contributed by atoms with Crippen molar-refractivity contribution in [2.24, 2.45) is 11.8 Å². The molecule has 3 rings (SSSR count). The van der Waals surface area contributed by atoms with Crippen LogP contribution in [0.5, 0.6) is 0 Å². The maximum Gasteiger partial charge on any atom is 0.163 e. The van der Waals surface area contributed by atoms with Crippen LogP contribution >= 0.6 is 0 Å². The Labute approximate surface area is 116 Å². The van der Waals surface area contributed by atoms with Crippen LogP contribution in [-0.2, 0) is 12.8 Å². The van der Waals surface area contributed by atoms with Gasteiger partial charge in [0.1, 0.15) is 0 Å². The summed E-state index contributed by atoms with van der Waals surface area (Å²) in [6, 6.07) is 12.0. The Morgan fingerprint density at radius 3 is 2.25 bits per heavy atom. The van der Waals surface area contributed by atoms with Crippen molar-refractivity contribution in [3.63, 3.8) is 0 Å². The lowest BCUT2D eigenvalue weighted by molar-refractivity contribution is 0.361. The quantitative estimate of drug-likeness (QED) is 0.667. The Hall–Kier alpha value is -1.78. The van der Waals surface area contributed by atoms with Gasteiger partial charge in [-0.1, -0.05) is 36.4 Å². The van der Waals surface area contributed by atoms with Crippen molar-refractivity contribution in [3.05, 3.63) is 70.8 Å². The number of hydrogen-bond donors (Lipinski definition) is 2. The molecule has 0 radical (unpaired) electrons. The predicted molar refractivity (Wildman–Crippen MR) is 73.8 cm³/mol. The highest BCUT2D eigenvalue weighted by molar-refractivity contribution is 5.34. The van der Waals surface area contributed by atoms with E-state index >= 15 is 0 Å². The van der Waals surface area contributed by atoms with Gasteiger partial charge >= 0.3 is 0 Å². The molecule has 1 aliphatic carbocycles. The van der Waals surface area contributed by atoms with Gasteiger partial charge in [-0.25, -0.2) is 8.78 Å². The SMILES string of the molecule is NNC(c1cccc(F)c1F)C1Cc2ccccc2C1. The summed E-state index contributed by atoms with van der Waals surface area (Å²) in [6.45, 7) is 0. The van der Waals surface area contributed by atoms with Crippen LogP contribution in [0.25, 0.3) is 0 Å². The van der Waals surface area contributed by atoms with Crippen molar-refractivity contribution in [3.8, 4) is 0 Å². The maximum absolute atomic E-state index is 14.0. The molecule has 0 fully saturated rings. The molecule has 1 atom stereocenters. The Morgan fingerprint density at radius 2 is 1.65 bits per heavy atom. The molecule has 0 saturated carbocycles. The zero-order chi connectivity index (χ0) is 14.1. The van der Waals surface area contributed by atoms with E-state index in [2.05, 4.69) is 17.6 Å². The van der Waals surface area contributed by atoms with Crippen molar-refractivity contribution >= 4 is 0 Å². The summed E-state index contributed by atoms with van der Waals surface area (Å²) in [5, 5.41) is 0. The number of fused-ring (bicyclic) bond motifs is 1. The second kappa shape index (κ2) is 5.31. The molecule has 0 saturated heterocycles. The van der Waals surface area contributed by atoms with E-state index in [9.17, 15) is 8.78 Å². The number of benzene rings is 2. The van der Waals surface area contributed by atoms with Crippen LogP contribution in [0.3, 0.4) is 0 Å².